The number of phenolic OH excluding ortho intramolecular Hbond substituents is 1. The number of para-hydroxylation sites is 1. The molecule has 0 aliphatic carbocycles. The summed E-state index contributed by atoms with van der Waals surface area (Å²) in [7, 11) is 0. The molecule has 0 atom stereocenters. The lowest BCUT2D eigenvalue weighted by Gasteiger charge is -2.08. The van der Waals surface area contributed by atoms with Crippen LogP contribution in [0.25, 0.3) is 21.7 Å². The van der Waals surface area contributed by atoms with Crippen LogP contribution in [-0.4, -0.2) is 28.4 Å². The number of ether oxygens (including phenoxy) is 1. The maximum atomic E-state index is 12.4. The molecule has 0 saturated heterocycles. The highest BCUT2D eigenvalue weighted by Gasteiger charge is 2.18. The van der Waals surface area contributed by atoms with Crippen LogP contribution in [0.1, 0.15) is 20.7 Å². The summed E-state index contributed by atoms with van der Waals surface area (Å²) in [4.78, 5) is 27.7. The van der Waals surface area contributed by atoms with Gasteiger partial charge in [0.25, 0.3) is 0 Å². The third kappa shape index (κ3) is 2.69. The summed E-state index contributed by atoms with van der Waals surface area (Å²) < 4.78 is 5.13. The fourth-order valence-corrected chi connectivity index (χ4v) is 3.01. The first-order valence-corrected chi connectivity index (χ1v) is 8.12. The zero-order valence-corrected chi connectivity index (χ0v) is 13.7. The van der Waals surface area contributed by atoms with Crippen molar-refractivity contribution in [3.8, 4) is 5.75 Å². The summed E-state index contributed by atoms with van der Waals surface area (Å²) in [6.07, 6.45) is 1.61. The molecule has 0 radical (unpaired) electrons. The van der Waals surface area contributed by atoms with E-state index in [1.54, 1.807) is 24.4 Å². The van der Waals surface area contributed by atoms with Crippen molar-refractivity contribution in [2.45, 2.75) is 0 Å². The minimum Gasteiger partial charge on any atom is -0.506 e. The SMILES string of the molecule is O=C(OCC(=O)c1c[nH]c2ccccc12)c1ccc2ccccc2c1O. The number of hydrogen-bond acceptors (Lipinski definition) is 4. The van der Waals surface area contributed by atoms with Crippen LogP contribution >= 0.6 is 0 Å². The molecule has 0 aliphatic rings. The van der Waals surface area contributed by atoms with Crippen molar-refractivity contribution in [2.24, 2.45) is 0 Å². The van der Waals surface area contributed by atoms with Crippen molar-refractivity contribution in [3.63, 3.8) is 0 Å². The van der Waals surface area contributed by atoms with Crippen LogP contribution in [0.15, 0.2) is 66.9 Å². The second kappa shape index (κ2) is 6.37. The Morgan fingerprint density at radius 1 is 0.885 bits per heavy atom. The first kappa shape index (κ1) is 15.9. The van der Waals surface area contributed by atoms with E-state index in [4.69, 9.17) is 4.74 Å². The van der Waals surface area contributed by atoms with E-state index in [1.165, 1.54) is 6.07 Å². The van der Waals surface area contributed by atoms with Crippen molar-refractivity contribution in [2.75, 3.05) is 6.61 Å². The molecule has 1 heterocycles. The predicted molar refractivity (Wildman–Crippen MR) is 98.5 cm³/mol. The fourth-order valence-electron chi connectivity index (χ4n) is 3.01. The van der Waals surface area contributed by atoms with E-state index in [2.05, 4.69) is 4.98 Å². The lowest BCUT2D eigenvalue weighted by Crippen LogP contribution is -2.14. The third-order valence-electron chi connectivity index (χ3n) is 4.34. The molecular formula is C21H15NO4. The highest BCUT2D eigenvalue weighted by molar-refractivity contribution is 6.09. The number of nitrogens with one attached hydrogen (secondary N) is 1. The molecule has 2 N–H and O–H groups in total. The van der Waals surface area contributed by atoms with Gasteiger partial charge in [-0.3, -0.25) is 4.79 Å². The summed E-state index contributed by atoms with van der Waals surface area (Å²) in [5.41, 5.74) is 1.35. The number of rotatable bonds is 4. The zero-order chi connectivity index (χ0) is 18.1. The number of carbonyl (C=O) groups excluding carboxylic acids is 2. The number of aromatic amines is 1. The molecule has 26 heavy (non-hydrogen) atoms. The average Bonchev–Trinajstić information content (AvgIpc) is 3.10. The lowest BCUT2D eigenvalue weighted by molar-refractivity contribution is 0.0472. The Balaban J connectivity index is 1.54. The lowest BCUT2D eigenvalue weighted by atomic mass is 10.1. The molecule has 0 spiro atoms. The Labute approximate surface area is 148 Å². The van der Waals surface area contributed by atoms with E-state index < -0.39 is 12.6 Å². The Bertz CT molecular complexity index is 1140. The number of Topliss-reactive ketones (excluding diaryl/α,β-unsaturated/α-hetero) is 1. The predicted octanol–water partition coefficient (Wildman–Crippen LogP) is 4.07. The first-order chi connectivity index (χ1) is 12.6. The number of benzene rings is 3. The molecule has 0 amide bonds. The van der Waals surface area contributed by atoms with E-state index in [0.29, 0.717) is 10.9 Å². The number of ketones is 1. The van der Waals surface area contributed by atoms with Crippen LogP contribution in [-0.2, 0) is 4.74 Å². The molecule has 0 aliphatic heterocycles. The number of phenols is 1. The van der Waals surface area contributed by atoms with Gasteiger partial charge in [-0.25, -0.2) is 4.79 Å². The van der Waals surface area contributed by atoms with Gasteiger partial charge in [0.05, 0.1) is 0 Å². The number of esters is 1. The molecule has 3 aromatic carbocycles. The Kier molecular flexibility index (Phi) is 3.89. The summed E-state index contributed by atoms with van der Waals surface area (Å²) in [6.45, 7) is -0.396. The Morgan fingerprint density at radius 2 is 1.62 bits per heavy atom. The number of aromatic nitrogens is 1. The van der Waals surface area contributed by atoms with E-state index in [-0.39, 0.29) is 17.1 Å². The average molecular weight is 345 g/mol. The summed E-state index contributed by atoms with van der Waals surface area (Å²) in [5, 5.41) is 12.5. The number of hydrogen-bond donors (Lipinski definition) is 2. The highest BCUT2D eigenvalue weighted by atomic mass is 16.5. The minimum absolute atomic E-state index is 0.0374. The van der Waals surface area contributed by atoms with Gasteiger partial charge in [-0.2, -0.15) is 0 Å². The second-order valence-electron chi connectivity index (χ2n) is 5.93. The molecule has 4 rings (SSSR count). The fraction of sp³-hybridized carbons (Fsp3) is 0.0476. The van der Waals surface area contributed by atoms with E-state index in [9.17, 15) is 14.7 Å². The van der Waals surface area contributed by atoms with Crippen molar-refractivity contribution < 1.29 is 19.4 Å². The molecule has 128 valence electrons. The molecular weight excluding hydrogens is 330 g/mol. The Hall–Kier alpha value is -3.60. The molecule has 0 unspecified atom stereocenters. The van der Waals surface area contributed by atoms with Gasteiger partial charge in [0.15, 0.2) is 6.61 Å². The number of aromatic hydroxyl groups is 1. The van der Waals surface area contributed by atoms with Gasteiger partial charge in [0.2, 0.25) is 5.78 Å². The third-order valence-corrected chi connectivity index (χ3v) is 4.34. The molecule has 1 aromatic heterocycles. The molecule has 0 fully saturated rings. The summed E-state index contributed by atoms with van der Waals surface area (Å²) in [6, 6.07) is 17.8. The second-order valence-corrected chi connectivity index (χ2v) is 5.93. The van der Waals surface area contributed by atoms with Crippen molar-refractivity contribution in [1.29, 1.82) is 0 Å². The van der Waals surface area contributed by atoms with Gasteiger partial charge in [-0.05, 0) is 17.5 Å². The molecule has 0 bridgehead atoms. The monoisotopic (exact) mass is 345 g/mol. The van der Waals surface area contributed by atoms with Gasteiger partial charge in [0.1, 0.15) is 11.3 Å². The van der Waals surface area contributed by atoms with Crippen molar-refractivity contribution in [3.05, 3.63) is 78.0 Å². The number of H-pyrrole nitrogens is 1. The maximum absolute atomic E-state index is 12.4. The van der Waals surface area contributed by atoms with Crippen LogP contribution < -0.4 is 0 Å². The standard InChI is InChI=1S/C21H15NO4/c23-19(17-11-22-18-8-4-3-7-15(17)18)12-26-21(25)16-10-9-13-5-1-2-6-14(13)20(16)24/h1-11,22,24H,12H2. The topological polar surface area (TPSA) is 79.4 Å². The van der Waals surface area contributed by atoms with Gasteiger partial charge >= 0.3 is 5.97 Å². The smallest absolute Gasteiger partial charge is 0.342 e. The largest absolute Gasteiger partial charge is 0.506 e. The zero-order valence-electron chi connectivity index (χ0n) is 13.7. The maximum Gasteiger partial charge on any atom is 0.342 e. The molecule has 0 saturated carbocycles. The minimum atomic E-state index is -0.735. The summed E-state index contributed by atoms with van der Waals surface area (Å²) in [5.74, 6) is -1.19. The quantitative estimate of drug-likeness (QED) is 0.432. The normalized spacial score (nSPS) is 10.9. The van der Waals surface area contributed by atoms with Gasteiger partial charge in [-0.15, -0.1) is 0 Å². The van der Waals surface area contributed by atoms with Gasteiger partial charge in [-0.1, -0.05) is 48.5 Å². The van der Waals surface area contributed by atoms with E-state index >= 15 is 0 Å². The van der Waals surface area contributed by atoms with Crippen molar-refractivity contribution in [1.82, 2.24) is 4.98 Å². The molecule has 4 aromatic rings. The van der Waals surface area contributed by atoms with E-state index in [1.807, 2.05) is 36.4 Å². The summed E-state index contributed by atoms with van der Waals surface area (Å²) >= 11 is 0. The van der Waals surface area contributed by atoms with Crippen LogP contribution in [0.3, 0.4) is 0 Å². The van der Waals surface area contributed by atoms with Crippen molar-refractivity contribution >= 4 is 33.4 Å². The highest BCUT2D eigenvalue weighted by Crippen LogP contribution is 2.29. The molecule has 5 heteroatoms. The Morgan fingerprint density at radius 3 is 2.46 bits per heavy atom. The van der Waals surface area contributed by atoms with Crippen LogP contribution in [0.4, 0.5) is 0 Å². The molecule has 5 nitrogen and oxygen atoms in total. The first-order valence-electron chi connectivity index (χ1n) is 8.12. The van der Waals surface area contributed by atoms with Crippen LogP contribution in [0.2, 0.25) is 0 Å². The van der Waals surface area contributed by atoms with E-state index in [0.717, 1.165) is 16.3 Å². The van der Waals surface area contributed by atoms with Gasteiger partial charge in [0, 0.05) is 28.0 Å². The van der Waals surface area contributed by atoms with Crippen LogP contribution in [0, 0.1) is 0 Å². The van der Waals surface area contributed by atoms with Gasteiger partial charge < -0.3 is 14.8 Å². The number of fused-ring (bicyclic) bond motifs is 2. The van der Waals surface area contributed by atoms with Crippen LogP contribution in [0.5, 0.6) is 5.75 Å². The number of carbonyl (C=O) groups is 2.